The molecule has 0 aromatic rings. The van der Waals surface area contributed by atoms with Crippen molar-refractivity contribution in [3.63, 3.8) is 0 Å². The zero-order chi connectivity index (χ0) is 17.9. The summed E-state index contributed by atoms with van der Waals surface area (Å²) < 4.78 is 6.27. The van der Waals surface area contributed by atoms with Crippen molar-refractivity contribution in [3.8, 4) is 0 Å². The average Bonchev–Trinajstić information content (AvgIpc) is 2.91. The highest BCUT2D eigenvalue weighted by molar-refractivity contribution is 5.78. The maximum Gasteiger partial charge on any atom is 0.222 e. The first kappa shape index (κ1) is 18.2. The molecule has 3 rings (SSSR count). The summed E-state index contributed by atoms with van der Waals surface area (Å²) in [5.74, 6) is 1.60. The van der Waals surface area contributed by atoms with E-state index in [9.17, 15) is 4.79 Å². The van der Waals surface area contributed by atoms with Gasteiger partial charge in [-0.1, -0.05) is 48.5 Å². The summed E-state index contributed by atoms with van der Waals surface area (Å²) in [5, 5.41) is 3.48. The fraction of sp³-hybridized carbons (Fsp3) is 0.952. The van der Waals surface area contributed by atoms with Crippen molar-refractivity contribution >= 4 is 5.91 Å². The molecule has 2 saturated carbocycles. The van der Waals surface area contributed by atoms with Gasteiger partial charge in [0.1, 0.15) is 0 Å². The topological polar surface area (TPSA) is 38.3 Å². The molecule has 0 aromatic carbocycles. The Bertz CT molecular complexity index is 504. The normalized spacial score (nSPS) is 40.7. The van der Waals surface area contributed by atoms with Crippen LogP contribution >= 0.6 is 0 Å². The summed E-state index contributed by atoms with van der Waals surface area (Å²) in [6, 6.07) is 0.301. The molecule has 1 unspecified atom stereocenters. The minimum Gasteiger partial charge on any atom is -0.378 e. The number of carbonyl (C=O) groups is 1. The molecule has 1 aliphatic heterocycles. The Balaban J connectivity index is 1.88. The molecule has 3 heteroatoms. The summed E-state index contributed by atoms with van der Waals surface area (Å²) in [4.78, 5) is 12.5. The Morgan fingerprint density at radius 3 is 2.54 bits per heavy atom. The number of nitrogens with one attached hydrogen (secondary N) is 1. The highest BCUT2D eigenvalue weighted by Gasteiger charge is 2.68. The lowest BCUT2D eigenvalue weighted by Crippen LogP contribution is -2.61. The smallest absolute Gasteiger partial charge is 0.222 e. The molecule has 2 aliphatic carbocycles. The van der Waals surface area contributed by atoms with Gasteiger partial charge in [0.15, 0.2) is 0 Å². The fourth-order valence-corrected chi connectivity index (χ4v) is 6.02. The van der Waals surface area contributed by atoms with Crippen LogP contribution in [-0.4, -0.2) is 24.7 Å². The third-order valence-electron chi connectivity index (χ3n) is 7.25. The Morgan fingerprint density at radius 2 is 1.96 bits per heavy atom. The first-order valence-electron chi connectivity index (χ1n) is 9.89. The summed E-state index contributed by atoms with van der Waals surface area (Å²) >= 11 is 0. The summed E-state index contributed by atoms with van der Waals surface area (Å²) in [7, 11) is 0. The van der Waals surface area contributed by atoms with Gasteiger partial charge < -0.3 is 10.1 Å². The van der Waals surface area contributed by atoms with E-state index in [-0.39, 0.29) is 28.1 Å². The van der Waals surface area contributed by atoms with Crippen molar-refractivity contribution < 1.29 is 9.53 Å². The number of rotatable bonds is 3. The third-order valence-corrected chi connectivity index (χ3v) is 7.25. The molecule has 1 heterocycles. The molecule has 3 aliphatic rings. The predicted molar refractivity (Wildman–Crippen MR) is 97.6 cm³/mol. The second-order valence-corrected chi connectivity index (χ2v) is 10.8. The number of amides is 1. The number of carbonyl (C=O) groups excluding carboxylic acids is 1. The van der Waals surface area contributed by atoms with Crippen LogP contribution < -0.4 is 5.32 Å². The van der Waals surface area contributed by atoms with E-state index in [1.807, 2.05) is 13.8 Å². The lowest BCUT2D eigenvalue weighted by molar-refractivity contribution is -0.142. The van der Waals surface area contributed by atoms with Gasteiger partial charge in [0.25, 0.3) is 0 Å². The van der Waals surface area contributed by atoms with Crippen LogP contribution in [-0.2, 0) is 9.53 Å². The van der Waals surface area contributed by atoms with Crippen LogP contribution in [0, 0.1) is 34.0 Å². The first-order valence-corrected chi connectivity index (χ1v) is 9.89. The largest absolute Gasteiger partial charge is 0.378 e. The van der Waals surface area contributed by atoms with Gasteiger partial charge in [0.05, 0.1) is 6.10 Å². The van der Waals surface area contributed by atoms with Crippen molar-refractivity contribution in [1.82, 2.24) is 5.32 Å². The fourth-order valence-electron chi connectivity index (χ4n) is 6.02. The lowest BCUT2D eigenvalue weighted by Gasteiger charge is -2.54. The van der Waals surface area contributed by atoms with Gasteiger partial charge in [-0.15, -0.1) is 0 Å². The van der Waals surface area contributed by atoms with E-state index < -0.39 is 0 Å². The minimum atomic E-state index is 0.0555. The Hall–Kier alpha value is -0.570. The van der Waals surface area contributed by atoms with Crippen molar-refractivity contribution in [2.24, 2.45) is 34.0 Å². The third kappa shape index (κ3) is 2.81. The van der Waals surface area contributed by atoms with Gasteiger partial charge in [-0.05, 0) is 53.8 Å². The molecular weight excluding hydrogens is 298 g/mol. The highest BCUT2D eigenvalue weighted by Crippen LogP contribution is 2.69. The van der Waals surface area contributed by atoms with Crippen molar-refractivity contribution in [2.45, 2.75) is 86.3 Å². The number of fused-ring (bicyclic) bond motifs is 1. The Kier molecular flexibility index (Phi) is 4.35. The number of ether oxygens (including phenoxy) is 1. The number of hydrogen-bond acceptors (Lipinski definition) is 2. The van der Waals surface area contributed by atoms with Gasteiger partial charge >= 0.3 is 0 Å². The zero-order valence-corrected chi connectivity index (χ0v) is 16.7. The highest BCUT2D eigenvalue weighted by atomic mass is 16.5. The average molecular weight is 336 g/mol. The Morgan fingerprint density at radius 1 is 1.29 bits per heavy atom. The van der Waals surface area contributed by atoms with Gasteiger partial charge in [-0.25, -0.2) is 0 Å². The monoisotopic (exact) mass is 335 g/mol. The van der Waals surface area contributed by atoms with Crippen molar-refractivity contribution in [1.29, 1.82) is 0 Å². The van der Waals surface area contributed by atoms with Crippen LogP contribution in [0.15, 0.2) is 0 Å². The van der Waals surface area contributed by atoms with Crippen LogP contribution in [0.2, 0.25) is 0 Å². The first-order chi connectivity index (χ1) is 11.0. The summed E-state index contributed by atoms with van der Waals surface area (Å²) in [6.07, 6.45) is 5.15. The molecule has 138 valence electrons. The quantitative estimate of drug-likeness (QED) is 0.830. The molecule has 2 bridgehead atoms. The summed E-state index contributed by atoms with van der Waals surface area (Å²) in [6.45, 7) is 16.5. The minimum absolute atomic E-state index is 0.0555. The number of hydrogen-bond donors (Lipinski definition) is 1. The molecule has 5 atom stereocenters. The second kappa shape index (κ2) is 5.72. The maximum absolute atomic E-state index is 12.5. The lowest BCUT2D eigenvalue weighted by atomic mass is 9.58. The predicted octanol–water partition coefficient (Wildman–Crippen LogP) is 4.40. The van der Waals surface area contributed by atoms with E-state index in [1.165, 1.54) is 12.8 Å². The van der Waals surface area contributed by atoms with E-state index in [1.54, 1.807) is 0 Å². The van der Waals surface area contributed by atoms with Crippen LogP contribution in [0.3, 0.4) is 0 Å². The molecule has 1 spiro atoms. The van der Waals surface area contributed by atoms with Crippen LogP contribution in [0.4, 0.5) is 0 Å². The van der Waals surface area contributed by atoms with Crippen LogP contribution in [0.5, 0.6) is 0 Å². The summed E-state index contributed by atoms with van der Waals surface area (Å²) in [5.41, 5.74) is 0.745. The molecule has 1 N–H and O–H groups in total. The van der Waals surface area contributed by atoms with E-state index in [4.69, 9.17) is 4.74 Å². The molecular formula is C21H37NO2. The molecule has 3 nitrogen and oxygen atoms in total. The molecule has 3 fully saturated rings. The van der Waals surface area contributed by atoms with Crippen LogP contribution in [0.1, 0.15) is 74.1 Å². The van der Waals surface area contributed by atoms with Gasteiger partial charge in [0, 0.05) is 18.6 Å². The molecule has 24 heavy (non-hydrogen) atoms. The SMILES string of the molecule is CC(C)C(=O)N[C@@H]1C(C)(C)[C@@H]2C[C@@H]3[C@@H](CC(C)(C)C)OCCC31C2. The van der Waals surface area contributed by atoms with E-state index >= 15 is 0 Å². The van der Waals surface area contributed by atoms with Gasteiger partial charge in [0.2, 0.25) is 5.91 Å². The van der Waals surface area contributed by atoms with Crippen molar-refractivity contribution in [2.75, 3.05) is 6.61 Å². The maximum atomic E-state index is 12.5. The van der Waals surface area contributed by atoms with Crippen molar-refractivity contribution in [3.05, 3.63) is 0 Å². The standard InChI is InChI=1S/C21H37NO2/c1-13(2)17(23)22-18-20(6,7)14-10-15-16(12-19(3,4)5)24-9-8-21(15,18)11-14/h13-16,18H,8-12H2,1-7H3,(H,22,23)/t14-,15-,16-,18-,21?/m1/s1. The van der Waals surface area contributed by atoms with E-state index in [0.29, 0.717) is 24.0 Å². The van der Waals surface area contributed by atoms with E-state index in [0.717, 1.165) is 19.4 Å². The molecule has 1 amide bonds. The van der Waals surface area contributed by atoms with Crippen LogP contribution in [0.25, 0.3) is 0 Å². The molecule has 0 aromatic heterocycles. The Labute approximate surface area is 148 Å². The van der Waals surface area contributed by atoms with E-state index in [2.05, 4.69) is 39.9 Å². The molecule has 1 saturated heterocycles. The van der Waals surface area contributed by atoms with Gasteiger partial charge in [-0.3, -0.25) is 4.79 Å². The second-order valence-electron chi connectivity index (χ2n) is 10.8. The molecule has 0 radical (unpaired) electrons. The van der Waals surface area contributed by atoms with Gasteiger partial charge in [-0.2, -0.15) is 0 Å². The zero-order valence-electron chi connectivity index (χ0n) is 16.7.